The summed E-state index contributed by atoms with van der Waals surface area (Å²) >= 11 is 5.93. The van der Waals surface area contributed by atoms with E-state index in [2.05, 4.69) is 29.7 Å². The Morgan fingerprint density at radius 1 is 1.03 bits per heavy atom. The number of hydrogen-bond donors (Lipinski definition) is 2. The fourth-order valence-electron chi connectivity index (χ4n) is 3.79. The van der Waals surface area contributed by atoms with Crippen LogP contribution < -0.4 is 10.7 Å². The van der Waals surface area contributed by atoms with Gasteiger partial charge in [-0.3, -0.25) is 10.2 Å². The number of nitrogens with zero attached hydrogens (tertiary/aromatic N) is 1. The van der Waals surface area contributed by atoms with E-state index in [1.807, 2.05) is 37.3 Å². The molecule has 1 amide bonds. The number of hydrazone groups is 1. The monoisotopic (exact) mass is 421 g/mol. The number of hydrogen-bond acceptors (Lipinski definition) is 4. The molecule has 2 N–H and O–H groups in total. The summed E-state index contributed by atoms with van der Waals surface area (Å²) in [5.41, 5.74) is 7.34. The predicted octanol–water partition coefficient (Wildman–Crippen LogP) is 6.28. The molecule has 0 spiro atoms. The number of carbonyl (C=O) groups excluding carboxylic acids is 1. The minimum absolute atomic E-state index is 0.0155. The third kappa shape index (κ3) is 4.26. The summed E-state index contributed by atoms with van der Waals surface area (Å²) in [4.78, 5) is 12.9. The normalized spacial score (nSPS) is 16.2. The van der Waals surface area contributed by atoms with E-state index in [1.165, 1.54) is 0 Å². The van der Waals surface area contributed by atoms with E-state index in [-0.39, 0.29) is 11.3 Å². The van der Waals surface area contributed by atoms with Gasteiger partial charge in [0.1, 0.15) is 5.76 Å². The van der Waals surface area contributed by atoms with Gasteiger partial charge >= 0.3 is 0 Å². The summed E-state index contributed by atoms with van der Waals surface area (Å²) in [6.07, 6.45) is 1.54. The van der Waals surface area contributed by atoms with E-state index in [4.69, 9.17) is 16.0 Å². The Morgan fingerprint density at radius 2 is 1.73 bits per heavy atom. The van der Waals surface area contributed by atoms with Crippen molar-refractivity contribution < 1.29 is 9.21 Å². The third-order valence-electron chi connectivity index (χ3n) is 5.20. The van der Waals surface area contributed by atoms with E-state index < -0.39 is 0 Å². The molecule has 6 heteroatoms. The Balaban J connectivity index is 1.66. The van der Waals surface area contributed by atoms with Gasteiger partial charge < -0.3 is 9.73 Å². The van der Waals surface area contributed by atoms with Crippen molar-refractivity contribution in [3.63, 3.8) is 0 Å². The van der Waals surface area contributed by atoms with E-state index in [1.54, 1.807) is 24.3 Å². The van der Waals surface area contributed by atoms with Crippen LogP contribution in [0.5, 0.6) is 0 Å². The number of para-hydroxylation sites is 1. The summed E-state index contributed by atoms with van der Waals surface area (Å²) < 4.78 is 6.07. The number of fused-ring (bicyclic) bond motifs is 1. The van der Waals surface area contributed by atoms with Crippen molar-refractivity contribution in [1.29, 1.82) is 0 Å². The van der Waals surface area contributed by atoms with E-state index in [9.17, 15) is 4.79 Å². The van der Waals surface area contributed by atoms with Crippen LogP contribution in [-0.2, 0) is 6.42 Å². The van der Waals surface area contributed by atoms with Crippen molar-refractivity contribution in [3.05, 3.63) is 82.3 Å². The Hall–Kier alpha value is -3.05. The number of rotatable bonds is 4. The molecule has 0 radical (unpaired) electrons. The van der Waals surface area contributed by atoms with Gasteiger partial charge in [-0.15, -0.1) is 0 Å². The minimum atomic E-state index is -0.280. The summed E-state index contributed by atoms with van der Waals surface area (Å²) in [7, 11) is 0. The van der Waals surface area contributed by atoms with Crippen molar-refractivity contribution in [2.45, 2.75) is 33.6 Å². The summed E-state index contributed by atoms with van der Waals surface area (Å²) in [5.74, 6) is 0.844. The zero-order valence-electron chi connectivity index (χ0n) is 17.3. The average Bonchev–Trinajstić information content (AvgIpc) is 3.04. The van der Waals surface area contributed by atoms with Crippen molar-refractivity contribution >= 4 is 34.6 Å². The molecule has 1 aliphatic carbocycles. The third-order valence-corrected chi connectivity index (χ3v) is 5.45. The highest BCUT2D eigenvalue weighted by Crippen LogP contribution is 2.39. The van der Waals surface area contributed by atoms with Gasteiger partial charge in [0.25, 0.3) is 5.91 Å². The highest BCUT2D eigenvalue weighted by atomic mass is 35.5. The van der Waals surface area contributed by atoms with Crippen LogP contribution >= 0.6 is 11.6 Å². The molecule has 0 bridgehead atoms. The standard InChI is InChI=1S/C24H24ClN3O2/c1-15-21-19(28-27-18-7-5-4-6-8-18)13-24(2,3)14-20(21)30-22(15)23(29)26-17-11-9-16(25)10-12-17/h4-12,27H,13-14H2,1-3H3,(H,26,29)/b28-19-. The van der Waals surface area contributed by atoms with E-state index in [0.717, 1.165) is 41.1 Å². The summed E-state index contributed by atoms with van der Waals surface area (Å²) in [5, 5.41) is 8.18. The minimum Gasteiger partial charge on any atom is -0.455 e. The highest BCUT2D eigenvalue weighted by Gasteiger charge is 2.36. The molecule has 30 heavy (non-hydrogen) atoms. The molecule has 0 unspecified atom stereocenters. The Labute approximate surface area is 181 Å². The molecule has 154 valence electrons. The summed E-state index contributed by atoms with van der Waals surface area (Å²) in [6.45, 7) is 6.27. The maximum atomic E-state index is 12.9. The second kappa shape index (κ2) is 8.00. The number of amides is 1. The lowest BCUT2D eigenvalue weighted by molar-refractivity contribution is 0.0993. The Bertz CT molecular complexity index is 1100. The number of benzene rings is 2. The number of carbonyl (C=O) groups is 1. The first-order valence-electron chi connectivity index (χ1n) is 9.89. The molecule has 5 nitrogen and oxygen atoms in total. The molecular weight excluding hydrogens is 398 g/mol. The molecule has 1 aliphatic rings. The highest BCUT2D eigenvalue weighted by molar-refractivity contribution is 6.30. The van der Waals surface area contributed by atoms with Crippen LogP contribution in [0.3, 0.4) is 0 Å². The fraction of sp³-hybridized carbons (Fsp3) is 0.250. The van der Waals surface area contributed by atoms with Gasteiger partial charge in [0.2, 0.25) is 0 Å². The lowest BCUT2D eigenvalue weighted by atomic mass is 9.75. The van der Waals surface area contributed by atoms with Crippen LogP contribution in [0, 0.1) is 12.3 Å². The van der Waals surface area contributed by atoms with Crippen molar-refractivity contribution in [2.75, 3.05) is 10.7 Å². The van der Waals surface area contributed by atoms with Gasteiger partial charge in [-0.25, -0.2) is 0 Å². The first-order valence-corrected chi connectivity index (χ1v) is 10.3. The molecular formula is C24H24ClN3O2. The van der Waals surface area contributed by atoms with Gasteiger partial charge in [-0.2, -0.15) is 5.10 Å². The van der Waals surface area contributed by atoms with Gasteiger partial charge in [0.05, 0.1) is 11.4 Å². The number of nitrogens with one attached hydrogen (secondary N) is 2. The van der Waals surface area contributed by atoms with Crippen LogP contribution in [0.15, 0.2) is 64.1 Å². The first kappa shape index (κ1) is 20.2. The van der Waals surface area contributed by atoms with Crippen LogP contribution in [0.1, 0.15) is 47.7 Å². The van der Waals surface area contributed by atoms with Crippen LogP contribution in [0.2, 0.25) is 5.02 Å². The van der Waals surface area contributed by atoms with Gasteiger partial charge in [-0.05, 0) is 55.2 Å². The maximum absolute atomic E-state index is 12.9. The van der Waals surface area contributed by atoms with Crippen LogP contribution in [0.25, 0.3) is 0 Å². The Morgan fingerprint density at radius 3 is 2.43 bits per heavy atom. The zero-order chi connectivity index (χ0) is 21.3. The smallest absolute Gasteiger partial charge is 0.291 e. The molecule has 1 aromatic heterocycles. The largest absolute Gasteiger partial charge is 0.455 e. The first-order chi connectivity index (χ1) is 14.3. The lowest BCUT2D eigenvalue weighted by Crippen LogP contribution is -2.27. The number of furan rings is 1. The molecule has 1 heterocycles. The molecule has 0 fully saturated rings. The van der Waals surface area contributed by atoms with E-state index >= 15 is 0 Å². The predicted molar refractivity (Wildman–Crippen MR) is 122 cm³/mol. The average molecular weight is 422 g/mol. The summed E-state index contributed by atoms with van der Waals surface area (Å²) in [6, 6.07) is 16.8. The van der Waals surface area contributed by atoms with Crippen molar-refractivity contribution in [3.8, 4) is 0 Å². The number of anilines is 2. The van der Waals surface area contributed by atoms with Crippen LogP contribution in [-0.4, -0.2) is 11.6 Å². The molecule has 0 saturated carbocycles. The molecule has 0 aliphatic heterocycles. The Kier molecular flexibility index (Phi) is 5.39. The van der Waals surface area contributed by atoms with Gasteiger partial charge in [0.15, 0.2) is 5.76 Å². The van der Waals surface area contributed by atoms with Gasteiger partial charge in [0, 0.05) is 28.3 Å². The molecule has 0 atom stereocenters. The van der Waals surface area contributed by atoms with E-state index in [0.29, 0.717) is 16.5 Å². The maximum Gasteiger partial charge on any atom is 0.291 e. The van der Waals surface area contributed by atoms with Crippen molar-refractivity contribution in [2.24, 2.45) is 10.5 Å². The lowest BCUT2D eigenvalue weighted by Gasteiger charge is -2.29. The quantitative estimate of drug-likeness (QED) is 0.487. The van der Waals surface area contributed by atoms with Gasteiger partial charge in [-0.1, -0.05) is 43.6 Å². The molecule has 0 saturated heterocycles. The fourth-order valence-corrected chi connectivity index (χ4v) is 3.92. The second-order valence-electron chi connectivity index (χ2n) is 8.37. The molecule has 3 aromatic rings. The molecule has 2 aromatic carbocycles. The second-order valence-corrected chi connectivity index (χ2v) is 8.81. The zero-order valence-corrected chi connectivity index (χ0v) is 18.0. The topological polar surface area (TPSA) is 66.6 Å². The van der Waals surface area contributed by atoms with Crippen LogP contribution in [0.4, 0.5) is 11.4 Å². The van der Waals surface area contributed by atoms with Crippen molar-refractivity contribution in [1.82, 2.24) is 0 Å². The number of halogens is 1. The molecule has 4 rings (SSSR count). The SMILES string of the molecule is Cc1c(C(=O)Nc2ccc(Cl)cc2)oc2c1/C(=N\Nc1ccccc1)CC(C)(C)C2.